The van der Waals surface area contributed by atoms with Gasteiger partial charge in [0.15, 0.2) is 5.11 Å². The van der Waals surface area contributed by atoms with E-state index in [9.17, 15) is 9.59 Å². The van der Waals surface area contributed by atoms with Crippen molar-refractivity contribution in [1.82, 2.24) is 9.80 Å². The van der Waals surface area contributed by atoms with E-state index in [1.807, 2.05) is 43.3 Å². The number of carbonyl (C=O) groups is 2. The molecule has 7 heteroatoms. The molecule has 1 aliphatic rings. The van der Waals surface area contributed by atoms with Crippen molar-refractivity contribution in [2.24, 2.45) is 0 Å². The number of amides is 1. The number of esters is 1. The molecular weight excluding hydrogens is 314 g/mol. The van der Waals surface area contributed by atoms with Crippen molar-refractivity contribution in [1.29, 1.82) is 0 Å². The SMILES string of the molecule is COC(=O)CN1C(=S)N(C)C(=O)/C1=C/c1ccc(N(C)C)cc1. The lowest BCUT2D eigenvalue weighted by molar-refractivity contribution is -0.140. The minimum Gasteiger partial charge on any atom is -0.468 e. The highest BCUT2D eigenvalue weighted by atomic mass is 32.1. The Morgan fingerprint density at radius 3 is 2.43 bits per heavy atom. The van der Waals surface area contributed by atoms with Crippen molar-refractivity contribution in [3.05, 3.63) is 35.5 Å². The maximum absolute atomic E-state index is 12.3. The second-order valence-corrected chi connectivity index (χ2v) is 5.69. The number of carbonyl (C=O) groups excluding carboxylic acids is 2. The number of thiocarbonyl (C=S) groups is 1. The van der Waals surface area contributed by atoms with Crippen molar-refractivity contribution >= 4 is 41.0 Å². The molecule has 0 saturated carbocycles. The molecule has 1 aliphatic heterocycles. The maximum Gasteiger partial charge on any atom is 0.325 e. The van der Waals surface area contributed by atoms with E-state index in [2.05, 4.69) is 4.74 Å². The Balaban J connectivity index is 2.34. The molecule has 0 aliphatic carbocycles. The second kappa shape index (κ2) is 6.78. The van der Waals surface area contributed by atoms with Gasteiger partial charge in [-0.3, -0.25) is 14.5 Å². The molecule has 1 amide bonds. The van der Waals surface area contributed by atoms with Gasteiger partial charge in [-0.2, -0.15) is 0 Å². The molecule has 122 valence electrons. The van der Waals surface area contributed by atoms with E-state index in [-0.39, 0.29) is 17.6 Å². The van der Waals surface area contributed by atoms with Crippen LogP contribution < -0.4 is 4.90 Å². The maximum atomic E-state index is 12.3. The highest BCUT2D eigenvalue weighted by Crippen LogP contribution is 2.23. The summed E-state index contributed by atoms with van der Waals surface area (Å²) in [5.74, 6) is -0.695. The number of methoxy groups -OCH3 is 1. The Morgan fingerprint density at radius 2 is 1.91 bits per heavy atom. The summed E-state index contributed by atoms with van der Waals surface area (Å²) >= 11 is 5.23. The molecule has 0 bridgehead atoms. The van der Waals surface area contributed by atoms with Crippen molar-refractivity contribution in [2.45, 2.75) is 0 Å². The average molecular weight is 333 g/mol. The van der Waals surface area contributed by atoms with Crippen LogP contribution in [0, 0.1) is 0 Å². The monoisotopic (exact) mass is 333 g/mol. The molecule has 1 saturated heterocycles. The van der Waals surface area contributed by atoms with Crippen molar-refractivity contribution < 1.29 is 14.3 Å². The van der Waals surface area contributed by atoms with E-state index in [1.165, 1.54) is 16.9 Å². The standard InChI is InChI=1S/C16H19N3O3S/c1-17(2)12-7-5-11(6-8-12)9-13-15(21)18(3)16(23)19(13)10-14(20)22-4/h5-9H,10H2,1-4H3/b13-9-. The van der Waals surface area contributed by atoms with Crippen LogP contribution in [-0.2, 0) is 14.3 Å². The molecule has 1 heterocycles. The topological polar surface area (TPSA) is 53.1 Å². The lowest BCUT2D eigenvalue weighted by atomic mass is 10.1. The third kappa shape index (κ3) is 3.50. The van der Waals surface area contributed by atoms with E-state index in [0.29, 0.717) is 5.70 Å². The van der Waals surface area contributed by atoms with E-state index >= 15 is 0 Å². The summed E-state index contributed by atoms with van der Waals surface area (Å²) in [6.07, 6.45) is 1.72. The van der Waals surface area contributed by atoms with Gasteiger partial charge in [0.05, 0.1) is 7.11 Å². The van der Waals surface area contributed by atoms with E-state index < -0.39 is 5.97 Å². The summed E-state index contributed by atoms with van der Waals surface area (Å²) in [6, 6.07) is 7.73. The molecule has 0 unspecified atom stereocenters. The molecular formula is C16H19N3O3S. The van der Waals surface area contributed by atoms with Gasteiger partial charge in [-0.05, 0) is 36.0 Å². The van der Waals surface area contributed by atoms with Crippen LogP contribution in [0.15, 0.2) is 30.0 Å². The highest BCUT2D eigenvalue weighted by molar-refractivity contribution is 7.80. The summed E-state index contributed by atoms with van der Waals surface area (Å²) < 4.78 is 4.67. The Labute approximate surface area is 140 Å². The zero-order chi connectivity index (χ0) is 17.1. The quantitative estimate of drug-likeness (QED) is 0.471. The predicted octanol–water partition coefficient (Wildman–Crippen LogP) is 1.33. The van der Waals surface area contributed by atoms with Gasteiger partial charge < -0.3 is 14.5 Å². The lowest BCUT2D eigenvalue weighted by Crippen LogP contribution is -2.33. The molecule has 1 fully saturated rings. The van der Waals surface area contributed by atoms with Crippen LogP contribution in [0.3, 0.4) is 0 Å². The smallest absolute Gasteiger partial charge is 0.325 e. The largest absolute Gasteiger partial charge is 0.468 e. The van der Waals surface area contributed by atoms with Gasteiger partial charge >= 0.3 is 5.97 Å². The fourth-order valence-corrected chi connectivity index (χ4v) is 2.42. The molecule has 0 N–H and O–H groups in total. The first-order valence-electron chi connectivity index (χ1n) is 7.00. The van der Waals surface area contributed by atoms with Crippen LogP contribution in [0.25, 0.3) is 6.08 Å². The average Bonchev–Trinajstić information content (AvgIpc) is 2.73. The van der Waals surface area contributed by atoms with Gasteiger partial charge in [0.25, 0.3) is 5.91 Å². The molecule has 6 nitrogen and oxygen atoms in total. The summed E-state index contributed by atoms with van der Waals surface area (Å²) in [4.78, 5) is 28.7. The minimum atomic E-state index is -0.454. The van der Waals surface area contributed by atoms with Crippen LogP contribution in [-0.4, -0.2) is 61.6 Å². The number of ether oxygens (including phenoxy) is 1. The number of nitrogens with zero attached hydrogens (tertiary/aromatic N) is 3. The fraction of sp³-hybridized carbons (Fsp3) is 0.312. The molecule has 1 aromatic rings. The highest BCUT2D eigenvalue weighted by Gasteiger charge is 2.36. The molecule has 23 heavy (non-hydrogen) atoms. The third-order valence-electron chi connectivity index (χ3n) is 3.56. The molecule has 0 atom stereocenters. The lowest BCUT2D eigenvalue weighted by Gasteiger charge is -2.17. The third-order valence-corrected chi connectivity index (χ3v) is 4.05. The van der Waals surface area contributed by atoms with Crippen LogP contribution in [0.5, 0.6) is 0 Å². The first-order chi connectivity index (χ1) is 10.8. The number of hydrogen-bond donors (Lipinski definition) is 0. The number of anilines is 1. The Hall–Kier alpha value is -2.41. The van der Waals surface area contributed by atoms with Gasteiger partial charge in [-0.25, -0.2) is 0 Å². The summed E-state index contributed by atoms with van der Waals surface area (Å²) in [6.45, 7) is -0.0902. The summed E-state index contributed by atoms with van der Waals surface area (Å²) in [5, 5.41) is 0.288. The van der Waals surface area contributed by atoms with Gasteiger partial charge in [0.1, 0.15) is 12.2 Å². The summed E-state index contributed by atoms with van der Waals surface area (Å²) in [5.41, 5.74) is 2.27. The zero-order valence-corrected chi connectivity index (χ0v) is 14.4. The van der Waals surface area contributed by atoms with Gasteiger partial charge in [-0.1, -0.05) is 12.1 Å². The molecule has 2 rings (SSSR count). The van der Waals surface area contributed by atoms with Gasteiger partial charge in [0, 0.05) is 26.8 Å². The molecule has 0 aromatic heterocycles. The van der Waals surface area contributed by atoms with Crippen molar-refractivity contribution in [3.8, 4) is 0 Å². The normalized spacial score (nSPS) is 16.3. The number of rotatable bonds is 4. The van der Waals surface area contributed by atoms with Crippen LogP contribution >= 0.6 is 12.2 Å². The number of benzene rings is 1. The number of likely N-dealkylation sites (N-methyl/N-ethyl adjacent to an activating group) is 1. The van der Waals surface area contributed by atoms with Crippen molar-refractivity contribution in [2.75, 3.05) is 39.7 Å². The predicted molar refractivity (Wildman–Crippen MR) is 92.8 cm³/mol. The Kier molecular flexibility index (Phi) is 5.00. The van der Waals surface area contributed by atoms with E-state index in [0.717, 1.165) is 11.3 Å². The van der Waals surface area contributed by atoms with Gasteiger partial charge in [-0.15, -0.1) is 0 Å². The molecule has 0 spiro atoms. The first-order valence-corrected chi connectivity index (χ1v) is 7.41. The van der Waals surface area contributed by atoms with E-state index in [4.69, 9.17) is 12.2 Å². The van der Waals surface area contributed by atoms with Crippen LogP contribution in [0.1, 0.15) is 5.56 Å². The first kappa shape index (κ1) is 17.0. The zero-order valence-electron chi connectivity index (χ0n) is 13.6. The minimum absolute atomic E-state index is 0.0902. The van der Waals surface area contributed by atoms with Crippen LogP contribution in [0.4, 0.5) is 5.69 Å². The summed E-state index contributed by atoms with van der Waals surface area (Å²) in [7, 11) is 6.81. The fourth-order valence-electron chi connectivity index (χ4n) is 2.17. The molecule has 1 aromatic carbocycles. The second-order valence-electron chi connectivity index (χ2n) is 5.32. The van der Waals surface area contributed by atoms with Gasteiger partial charge in [0.2, 0.25) is 0 Å². The van der Waals surface area contributed by atoms with E-state index in [1.54, 1.807) is 13.1 Å². The Morgan fingerprint density at radius 1 is 1.30 bits per heavy atom. The Bertz CT molecular complexity index is 668. The number of hydrogen-bond acceptors (Lipinski definition) is 5. The van der Waals surface area contributed by atoms with Crippen molar-refractivity contribution in [3.63, 3.8) is 0 Å². The van der Waals surface area contributed by atoms with Crippen LogP contribution in [0.2, 0.25) is 0 Å². The molecule has 0 radical (unpaired) electrons.